The monoisotopic (exact) mass is 536 g/mol. The number of halogens is 1. The van der Waals surface area contributed by atoms with E-state index in [9.17, 15) is 19.2 Å². The van der Waals surface area contributed by atoms with Crippen LogP contribution in [-0.4, -0.2) is 32.4 Å². The number of hydrogen-bond donors (Lipinski definition) is 1. The van der Waals surface area contributed by atoms with Crippen molar-refractivity contribution in [1.29, 1.82) is 0 Å². The van der Waals surface area contributed by atoms with Crippen molar-refractivity contribution in [2.24, 2.45) is 0 Å². The molecule has 4 aromatic rings. The third-order valence-corrected chi connectivity index (χ3v) is 8.20. The summed E-state index contributed by atoms with van der Waals surface area (Å²) < 4.78 is 2.41. The topological polar surface area (TPSA) is 93.4 Å². The Bertz CT molecular complexity index is 1700. The molecule has 1 aliphatic heterocycles. The molecule has 0 spiro atoms. The summed E-state index contributed by atoms with van der Waals surface area (Å²) in [6.45, 7) is 6.03. The minimum Gasteiger partial charge on any atom is -0.337 e. The number of rotatable bonds is 4. The van der Waals surface area contributed by atoms with E-state index in [2.05, 4.69) is 5.32 Å². The van der Waals surface area contributed by atoms with Crippen molar-refractivity contribution in [2.45, 2.75) is 40.3 Å². The van der Waals surface area contributed by atoms with Gasteiger partial charge in [-0.3, -0.25) is 19.0 Å². The summed E-state index contributed by atoms with van der Waals surface area (Å²) in [7, 11) is 0. The van der Waals surface area contributed by atoms with Crippen LogP contribution in [0.1, 0.15) is 28.5 Å². The molecule has 0 aliphatic carbocycles. The third kappa shape index (κ3) is 4.60. The van der Waals surface area contributed by atoms with Crippen molar-refractivity contribution in [3.8, 4) is 5.69 Å². The lowest BCUT2D eigenvalue weighted by molar-refractivity contribution is -0.129. The Morgan fingerprint density at radius 1 is 1.08 bits per heavy atom. The number of anilines is 1. The Balaban J connectivity index is 1.66. The Morgan fingerprint density at radius 2 is 1.86 bits per heavy atom. The van der Waals surface area contributed by atoms with E-state index in [1.165, 1.54) is 22.8 Å². The van der Waals surface area contributed by atoms with Crippen LogP contribution in [0.5, 0.6) is 0 Å². The molecule has 0 atom stereocenters. The summed E-state index contributed by atoms with van der Waals surface area (Å²) in [5.74, 6) is -0.440. The predicted octanol–water partition coefficient (Wildman–Crippen LogP) is 4.03. The zero-order valence-corrected chi connectivity index (χ0v) is 22.2. The molecule has 0 fully saturated rings. The second kappa shape index (κ2) is 9.64. The van der Waals surface area contributed by atoms with E-state index in [0.717, 1.165) is 26.1 Å². The molecule has 1 aliphatic rings. The van der Waals surface area contributed by atoms with Crippen LogP contribution in [0.25, 0.3) is 15.9 Å². The predicted molar refractivity (Wildman–Crippen MR) is 146 cm³/mol. The molecule has 3 heterocycles. The van der Waals surface area contributed by atoms with Gasteiger partial charge in [-0.25, -0.2) is 9.36 Å². The molecule has 2 aromatic carbocycles. The average Bonchev–Trinajstić information content (AvgIpc) is 3.23. The third-order valence-electron chi connectivity index (χ3n) is 6.73. The van der Waals surface area contributed by atoms with Crippen LogP contribution >= 0.6 is 22.9 Å². The number of aryl methyl sites for hydroxylation is 2. The molecule has 190 valence electrons. The van der Waals surface area contributed by atoms with Gasteiger partial charge in [-0.2, -0.15) is 0 Å². The standard InChI is InChI=1S/C27H25ClN4O4S/c1-15-7-8-19(11-16(15)2)29-23(34)14-31-26-24(21-9-10-30(17(3)33)13-22(21)37-26)25(35)32(27(31)36)20-6-4-5-18(28)12-20/h4-8,11-12H,9-10,13-14H2,1-3H3,(H,29,34). The van der Waals surface area contributed by atoms with Crippen LogP contribution < -0.4 is 16.6 Å². The number of nitrogens with one attached hydrogen (secondary N) is 1. The fourth-order valence-electron chi connectivity index (χ4n) is 4.62. The second-order valence-electron chi connectivity index (χ2n) is 9.21. The normalized spacial score (nSPS) is 13.0. The summed E-state index contributed by atoms with van der Waals surface area (Å²) in [5.41, 5.74) is 2.83. The van der Waals surface area contributed by atoms with E-state index in [4.69, 9.17) is 11.6 Å². The van der Waals surface area contributed by atoms with E-state index in [-0.39, 0.29) is 18.4 Å². The molecule has 5 rings (SSSR count). The summed E-state index contributed by atoms with van der Waals surface area (Å²) in [6, 6.07) is 12.1. The largest absolute Gasteiger partial charge is 0.337 e. The van der Waals surface area contributed by atoms with E-state index in [1.807, 2.05) is 32.0 Å². The SMILES string of the molecule is CC(=O)N1CCc2c(sc3c2c(=O)n(-c2cccc(Cl)c2)c(=O)n3CC(=O)Nc2ccc(C)c(C)c2)C1. The van der Waals surface area contributed by atoms with Crippen LogP contribution in [0.4, 0.5) is 5.69 Å². The van der Waals surface area contributed by atoms with Crippen molar-refractivity contribution in [1.82, 2.24) is 14.0 Å². The van der Waals surface area contributed by atoms with Crippen molar-refractivity contribution in [2.75, 3.05) is 11.9 Å². The fourth-order valence-corrected chi connectivity index (χ4v) is 6.15. The summed E-state index contributed by atoms with van der Waals surface area (Å²) in [5, 5.41) is 3.65. The highest BCUT2D eigenvalue weighted by Crippen LogP contribution is 2.33. The average molecular weight is 537 g/mol. The highest BCUT2D eigenvalue weighted by molar-refractivity contribution is 7.18. The number of amides is 2. The maximum atomic E-state index is 13.7. The lowest BCUT2D eigenvalue weighted by Gasteiger charge is -2.25. The molecule has 2 aromatic heterocycles. The summed E-state index contributed by atoms with van der Waals surface area (Å²) in [4.78, 5) is 55.6. The first-order chi connectivity index (χ1) is 17.6. The highest BCUT2D eigenvalue weighted by atomic mass is 35.5. The summed E-state index contributed by atoms with van der Waals surface area (Å²) in [6.07, 6.45) is 0.493. The minimum atomic E-state index is -0.628. The van der Waals surface area contributed by atoms with Crippen molar-refractivity contribution in [3.05, 3.63) is 89.9 Å². The Hall–Kier alpha value is -3.69. The Morgan fingerprint density at radius 3 is 2.57 bits per heavy atom. The van der Waals surface area contributed by atoms with Gasteiger partial charge in [-0.1, -0.05) is 23.7 Å². The highest BCUT2D eigenvalue weighted by Gasteiger charge is 2.28. The maximum Gasteiger partial charge on any atom is 0.337 e. The number of thiophene rings is 1. The van der Waals surface area contributed by atoms with Crippen LogP contribution in [0, 0.1) is 13.8 Å². The zero-order chi connectivity index (χ0) is 26.4. The van der Waals surface area contributed by atoms with Crippen molar-refractivity contribution < 1.29 is 9.59 Å². The molecule has 2 amide bonds. The van der Waals surface area contributed by atoms with Gasteiger partial charge in [0.25, 0.3) is 5.56 Å². The van der Waals surface area contributed by atoms with Gasteiger partial charge in [0.15, 0.2) is 0 Å². The molecule has 37 heavy (non-hydrogen) atoms. The van der Waals surface area contributed by atoms with Gasteiger partial charge < -0.3 is 10.2 Å². The number of aromatic nitrogens is 2. The van der Waals surface area contributed by atoms with Gasteiger partial charge >= 0.3 is 5.69 Å². The number of carbonyl (C=O) groups excluding carboxylic acids is 2. The first-order valence-corrected chi connectivity index (χ1v) is 13.0. The molecule has 1 N–H and O–H groups in total. The fraction of sp³-hybridized carbons (Fsp3) is 0.259. The van der Waals surface area contributed by atoms with E-state index < -0.39 is 11.2 Å². The smallest absolute Gasteiger partial charge is 0.337 e. The lowest BCUT2D eigenvalue weighted by atomic mass is 10.1. The molecule has 0 saturated heterocycles. The Labute approximate surface area is 221 Å². The van der Waals surface area contributed by atoms with Gasteiger partial charge in [-0.05, 0) is 67.3 Å². The molecule has 10 heteroatoms. The van der Waals surface area contributed by atoms with E-state index >= 15 is 0 Å². The number of benzene rings is 2. The van der Waals surface area contributed by atoms with Gasteiger partial charge in [-0.15, -0.1) is 11.3 Å². The van der Waals surface area contributed by atoms with Crippen molar-refractivity contribution >= 4 is 50.7 Å². The van der Waals surface area contributed by atoms with Gasteiger partial charge in [0, 0.05) is 29.1 Å². The minimum absolute atomic E-state index is 0.0513. The molecule has 0 unspecified atom stereocenters. The van der Waals surface area contributed by atoms with Crippen molar-refractivity contribution in [3.63, 3.8) is 0 Å². The molecule has 8 nitrogen and oxygen atoms in total. The van der Waals surface area contributed by atoms with Crippen LogP contribution in [0.15, 0.2) is 52.1 Å². The molecular weight excluding hydrogens is 512 g/mol. The number of nitrogens with zero attached hydrogens (tertiary/aromatic N) is 3. The molecular formula is C27H25ClN4O4S. The van der Waals surface area contributed by atoms with E-state index in [1.54, 1.807) is 29.2 Å². The number of carbonyl (C=O) groups is 2. The number of fused-ring (bicyclic) bond motifs is 3. The quantitative estimate of drug-likeness (QED) is 0.426. The van der Waals surface area contributed by atoms with Gasteiger partial charge in [0.2, 0.25) is 11.8 Å². The molecule has 0 radical (unpaired) electrons. The van der Waals surface area contributed by atoms with E-state index in [0.29, 0.717) is 46.1 Å². The zero-order valence-electron chi connectivity index (χ0n) is 20.6. The molecule has 0 saturated carbocycles. The van der Waals surface area contributed by atoms with Crippen LogP contribution in [0.2, 0.25) is 5.02 Å². The van der Waals surface area contributed by atoms with Crippen LogP contribution in [0.3, 0.4) is 0 Å². The first kappa shape index (κ1) is 25.0. The van der Waals surface area contributed by atoms with Crippen LogP contribution in [-0.2, 0) is 29.1 Å². The molecule has 0 bridgehead atoms. The second-order valence-corrected chi connectivity index (χ2v) is 10.7. The lowest BCUT2D eigenvalue weighted by Crippen LogP contribution is -2.41. The Kier molecular flexibility index (Phi) is 6.51. The van der Waals surface area contributed by atoms with Gasteiger partial charge in [0.05, 0.1) is 17.6 Å². The summed E-state index contributed by atoms with van der Waals surface area (Å²) >= 11 is 7.46. The first-order valence-electron chi connectivity index (χ1n) is 11.8. The maximum absolute atomic E-state index is 13.7. The van der Waals surface area contributed by atoms with Gasteiger partial charge in [0.1, 0.15) is 11.4 Å². The number of hydrogen-bond acceptors (Lipinski definition) is 5.